The van der Waals surface area contributed by atoms with Crippen LogP contribution in [0.3, 0.4) is 0 Å². The number of nitrogens with zero attached hydrogens (tertiary/aromatic N) is 6. The van der Waals surface area contributed by atoms with Gasteiger partial charge in [0.05, 0.1) is 36.8 Å². The number of ketones is 1. The maximum absolute atomic E-state index is 12.9. The number of hydrogen-bond acceptors (Lipinski definition) is 10. The summed E-state index contributed by atoms with van der Waals surface area (Å²) in [6.45, 7) is 1.77. The first-order valence-electron chi connectivity index (χ1n) is 11.4. The Morgan fingerprint density at radius 3 is 2.57 bits per heavy atom. The second-order valence-electron chi connectivity index (χ2n) is 9.25. The Labute approximate surface area is 215 Å². The molecule has 4 aromatic rings. The fourth-order valence-electron chi connectivity index (χ4n) is 4.31. The van der Waals surface area contributed by atoms with Crippen molar-refractivity contribution in [3.8, 4) is 5.13 Å². The number of carbonyl (C=O) groups excluding carboxylic acids is 1. The summed E-state index contributed by atoms with van der Waals surface area (Å²) >= 11 is 1.27. The van der Waals surface area contributed by atoms with Gasteiger partial charge in [0.1, 0.15) is 11.4 Å². The third kappa shape index (κ3) is 4.34. The van der Waals surface area contributed by atoms with E-state index in [2.05, 4.69) is 15.0 Å². The van der Waals surface area contributed by atoms with Gasteiger partial charge in [0.2, 0.25) is 5.43 Å². The number of carboxylic acid groups (broad SMARTS) is 1. The lowest BCUT2D eigenvalue weighted by atomic mass is 9.87. The minimum Gasteiger partial charge on any atom is -0.477 e. The number of hydrogen-bond donors (Lipinski definition) is 2. The highest BCUT2D eigenvalue weighted by Gasteiger charge is 2.48. The molecule has 0 saturated carbocycles. The SMILES string of the molecule is Cc1cc(N2CC(O)(C(=O)Cc3ccc(N(C)C)cn3)C2)nc2c1c(=O)c(C(=O)O)cn2-c1nccs1. The van der Waals surface area contributed by atoms with Crippen LogP contribution < -0.4 is 15.2 Å². The molecule has 4 aromatic heterocycles. The molecule has 0 aliphatic carbocycles. The molecule has 0 unspecified atom stereocenters. The highest BCUT2D eigenvalue weighted by atomic mass is 32.1. The van der Waals surface area contributed by atoms with Crippen LogP contribution in [-0.4, -0.2) is 74.3 Å². The number of β-amino-alcohol motifs (C(OH)–C–C–N with tert-alkyl or cyclic N) is 1. The van der Waals surface area contributed by atoms with E-state index >= 15 is 0 Å². The molecule has 0 amide bonds. The zero-order chi connectivity index (χ0) is 26.5. The van der Waals surface area contributed by atoms with Crippen LogP contribution in [-0.2, 0) is 11.2 Å². The molecule has 0 atom stereocenters. The first-order valence-corrected chi connectivity index (χ1v) is 12.3. The Morgan fingerprint density at radius 2 is 1.97 bits per heavy atom. The maximum atomic E-state index is 12.9. The van der Waals surface area contributed by atoms with Crippen LogP contribution in [0.4, 0.5) is 11.5 Å². The fourth-order valence-corrected chi connectivity index (χ4v) is 4.93. The molecule has 1 aliphatic rings. The van der Waals surface area contributed by atoms with Crippen LogP contribution in [0.1, 0.15) is 21.6 Å². The second kappa shape index (κ2) is 9.05. The molecule has 12 heteroatoms. The van der Waals surface area contributed by atoms with Gasteiger partial charge in [0, 0.05) is 37.6 Å². The Kier molecular flexibility index (Phi) is 6.00. The van der Waals surface area contributed by atoms with Crippen molar-refractivity contribution in [2.75, 3.05) is 37.0 Å². The monoisotopic (exact) mass is 520 g/mol. The summed E-state index contributed by atoms with van der Waals surface area (Å²) < 4.78 is 1.49. The molecular weight excluding hydrogens is 496 g/mol. The molecule has 1 saturated heterocycles. The van der Waals surface area contributed by atoms with E-state index in [1.54, 1.807) is 41.7 Å². The van der Waals surface area contributed by atoms with Gasteiger partial charge in [0.25, 0.3) is 0 Å². The zero-order valence-electron chi connectivity index (χ0n) is 20.4. The smallest absolute Gasteiger partial charge is 0.341 e. The van der Waals surface area contributed by atoms with Crippen LogP contribution in [0.5, 0.6) is 0 Å². The number of fused-ring (bicyclic) bond motifs is 1. The van der Waals surface area contributed by atoms with Gasteiger partial charge in [-0.25, -0.2) is 14.8 Å². The summed E-state index contributed by atoms with van der Waals surface area (Å²) in [5.74, 6) is -1.21. The van der Waals surface area contributed by atoms with Crippen LogP contribution >= 0.6 is 11.3 Å². The molecular formula is C25H24N6O5S. The van der Waals surface area contributed by atoms with Gasteiger partial charge in [0.15, 0.2) is 22.2 Å². The standard InChI is InChI=1S/C25H24N6O5S/c1-14-8-19(28-22-20(14)21(33)17(23(34)35)11-31(22)24-26-6-7-37-24)30-12-25(36,13-30)18(32)9-15-4-5-16(10-27-15)29(2)3/h4-8,10-11,36H,9,12-13H2,1-3H3,(H,34,35). The number of Topliss-reactive ketones (excluding diaryl/α,β-unsaturated/α-hetero) is 1. The van der Waals surface area contributed by atoms with Gasteiger partial charge in [-0.15, -0.1) is 11.3 Å². The summed E-state index contributed by atoms with van der Waals surface area (Å²) in [6.07, 6.45) is 4.49. The third-order valence-corrected chi connectivity index (χ3v) is 7.18. The lowest BCUT2D eigenvalue weighted by molar-refractivity contribution is -0.139. The van der Waals surface area contributed by atoms with E-state index in [0.717, 1.165) is 5.69 Å². The van der Waals surface area contributed by atoms with Crippen molar-refractivity contribution >= 4 is 45.6 Å². The third-order valence-electron chi connectivity index (χ3n) is 6.41. The van der Waals surface area contributed by atoms with E-state index in [1.807, 2.05) is 25.1 Å². The highest BCUT2D eigenvalue weighted by molar-refractivity contribution is 7.12. The summed E-state index contributed by atoms with van der Waals surface area (Å²) in [5, 5.41) is 22.9. The molecule has 11 nitrogen and oxygen atoms in total. The predicted molar refractivity (Wildman–Crippen MR) is 139 cm³/mol. The number of thiazole rings is 1. The maximum Gasteiger partial charge on any atom is 0.341 e. The Hall–Kier alpha value is -4.16. The van der Waals surface area contributed by atoms with Gasteiger partial charge in [-0.05, 0) is 30.7 Å². The van der Waals surface area contributed by atoms with E-state index in [4.69, 9.17) is 0 Å². The lowest BCUT2D eigenvalue weighted by Crippen LogP contribution is -2.67. The summed E-state index contributed by atoms with van der Waals surface area (Å²) in [6, 6.07) is 5.30. The van der Waals surface area contributed by atoms with Crippen molar-refractivity contribution in [1.29, 1.82) is 0 Å². The van der Waals surface area contributed by atoms with Gasteiger partial charge >= 0.3 is 5.97 Å². The van der Waals surface area contributed by atoms with Gasteiger partial charge < -0.3 is 20.0 Å². The summed E-state index contributed by atoms with van der Waals surface area (Å²) in [5.41, 5.74) is -0.282. The average molecular weight is 521 g/mol. The van der Waals surface area contributed by atoms with Crippen molar-refractivity contribution in [1.82, 2.24) is 19.5 Å². The number of aromatic nitrogens is 4. The van der Waals surface area contributed by atoms with Gasteiger partial charge in [-0.2, -0.15) is 0 Å². The minimum absolute atomic E-state index is 0.00375. The van der Waals surface area contributed by atoms with E-state index in [1.165, 1.54) is 22.1 Å². The minimum atomic E-state index is -1.55. The molecule has 37 heavy (non-hydrogen) atoms. The largest absolute Gasteiger partial charge is 0.477 e. The number of carbonyl (C=O) groups is 2. The molecule has 0 bridgehead atoms. The highest BCUT2D eigenvalue weighted by Crippen LogP contribution is 2.31. The second-order valence-corrected chi connectivity index (χ2v) is 10.1. The van der Waals surface area contributed by atoms with E-state index in [9.17, 15) is 24.6 Å². The van der Waals surface area contributed by atoms with Gasteiger partial charge in [-0.3, -0.25) is 19.1 Å². The van der Waals surface area contributed by atoms with Crippen molar-refractivity contribution < 1.29 is 19.8 Å². The van der Waals surface area contributed by atoms with Crippen molar-refractivity contribution in [2.45, 2.75) is 18.9 Å². The predicted octanol–water partition coefficient (Wildman–Crippen LogP) is 1.67. The number of aliphatic hydroxyl groups is 1. The number of carboxylic acids is 1. The topological polar surface area (TPSA) is 142 Å². The zero-order valence-corrected chi connectivity index (χ0v) is 21.2. The molecule has 0 spiro atoms. The lowest BCUT2D eigenvalue weighted by Gasteiger charge is -2.46. The van der Waals surface area contributed by atoms with E-state index in [-0.39, 0.29) is 41.9 Å². The van der Waals surface area contributed by atoms with E-state index < -0.39 is 17.0 Å². The van der Waals surface area contributed by atoms with Crippen LogP contribution in [0.15, 0.2) is 47.0 Å². The molecule has 2 N–H and O–H groups in total. The Balaban J connectivity index is 1.43. The molecule has 5 heterocycles. The average Bonchev–Trinajstić information content (AvgIpc) is 3.36. The van der Waals surface area contributed by atoms with Crippen LogP contribution in [0, 0.1) is 6.92 Å². The van der Waals surface area contributed by atoms with Crippen LogP contribution in [0.25, 0.3) is 16.2 Å². The molecule has 1 fully saturated rings. The summed E-state index contributed by atoms with van der Waals surface area (Å²) in [4.78, 5) is 54.4. The number of aromatic carboxylic acids is 1. The molecule has 0 radical (unpaired) electrons. The van der Waals surface area contributed by atoms with Crippen molar-refractivity contribution in [3.05, 3.63) is 69.2 Å². The Morgan fingerprint density at radius 1 is 1.22 bits per heavy atom. The van der Waals surface area contributed by atoms with Crippen LogP contribution in [0.2, 0.25) is 0 Å². The molecule has 190 valence electrons. The molecule has 1 aliphatic heterocycles. The van der Waals surface area contributed by atoms with Gasteiger partial charge in [-0.1, -0.05) is 0 Å². The fraction of sp³-hybridized carbons (Fsp3) is 0.280. The van der Waals surface area contributed by atoms with Crippen molar-refractivity contribution in [2.24, 2.45) is 0 Å². The first-order chi connectivity index (χ1) is 17.6. The number of aryl methyl sites for hydroxylation is 1. The molecule has 0 aromatic carbocycles. The number of pyridine rings is 3. The first kappa shape index (κ1) is 24.5. The number of anilines is 2. The van der Waals surface area contributed by atoms with E-state index in [0.29, 0.717) is 22.2 Å². The van der Waals surface area contributed by atoms with Crippen molar-refractivity contribution in [3.63, 3.8) is 0 Å². The quantitative estimate of drug-likeness (QED) is 0.370. The normalized spacial score (nSPS) is 14.4. The Bertz CT molecular complexity index is 1570. The summed E-state index contributed by atoms with van der Waals surface area (Å²) in [7, 11) is 3.80. The molecule has 5 rings (SSSR count). The number of rotatable bonds is 7.